The first kappa shape index (κ1) is 13.7. The molecule has 1 aromatic carbocycles. The summed E-state index contributed by atoms with van der Waals surface area (Å²) >= 11 is 0. The zero-order valence-electron chi connectivity index (χ0n) is 11.8. The van der Waals surface area contributed by atoms with Crippen molar-refractivity contribution in [2.75, 3.05) is 0 Å². The Morgan fingerprint density at radius 2 is 1.95 bits per heavy atom. The average molecular weight is 259 g/mol. The monoisotopic (exact) mass is 259 g/mol. The number of nitrogens with zero attached hydrogens (tertiary/aromatic N) is 3. The third kappa shape index (κ3) is 2.84. The molecule has 19 heavy (non-hydrogen) atoms. The van der Waals surface area contributed by atoms with E-state index in [0.29, 0.717) is 11.7 Å². The van der Waals surface area contributed by atoms with Gasteiger partial charge in [-0.2, -0.15) is 0 Å². The van der Waals surface area contributed by atoms with Crippen LogP contribution in [0.25, 0.3) is 11.4 Å². The molecule has 0 unspecified atom stereocenters. The van der Waals surface area contributed by atoms with Crippen molar-refractivity contribution in [3.63, 3.8) is 0 Å². The number of rotatable bonds is 5. The van der Waals surface area contributed by atoms with Crippen LogP contribution in [-0.4, -0.2) is 19.9 Å². The van der Waals surface area contributed by atoms with Gasteiger partial charge in [0, 0.05) is 12.1 Å². The fourth-order valence-corrected chi connectivity index (χ4v) is 2.26. The summed E-state index contributed by atoms with van der Waals surface area (Å²) < 4.78 is 2.03. The van der Waals surface area contributed by atoms with Gasteiger partial charge in [0.05, 0.1) is 0 Å². The molecule has 0 saturated heterocycles. The van der Waals surface area contributed by atoms with Crippen LogP contribution in [0, 0.1) is 5.92 Å². The van der Waals surface area contributed by atoms with Crippen LogP contribution in [0.4, 0.5) is 0 Å². The molecule has 0 spiro atoms. The molecule has 2 rings (SSSR count). The van der Waals surface area contributed by atoms with Crippen LogP contribution < -0.4 is 0 Å². The average Bonchev–Trinajstić information content (AvgIpc) is 2.80. The second-order valence-electron chi connectivity index (χ2n) is 5.11. The number of aliphatic hydroxyl groups excluding tert-OH is 1. The van der Waals surface area contributed by atoms with Crippen molar-refractivity contribution in [2.45, 2.75) is 40.3 Å². The fraction of sp³-hybridized carbons (Fsp3) is 0.467. The van der Waals surface area contributed by atoms with Crippen molar-refractivity contribution in [3.8, 4) is 11.4 Å². The number of aliphatic hydroxyl groups is 1. The number of benzene rings is 1. The summed E-state index contributed by atoms with van der Waals surface area (Å²) in [4.78, 5) is 0. The van der Waals surface area contributed by atoms with Gasteiger partial charge in [0.15, 0.2) is 11.6 Å². The Balaban J connectivity index is 2.52. The lowest BCUT2D eigenvalue weighted by Gasteiger charge is -2.13. The standard InChI is InChI=1S/C15H21N3O/c1-4-12-7-5-6-8-13(12)15-17-16-14(10-19)18(15)9-11(2)3/h5-8,11,19H,4,9-10H2,1-3H3. The minimum Gasteiger partial charge on any atom is -0.388 e. The summed E-state index contributed by atoms with van der Waals surface area (Å²) in [6.45, 7) is 7.17. The van der Waals surface area contributed by atoms with Crippen molar-refractivity contribution in [1.29, 1.82) is 0 Å². The third-order valence-electron chi connectivity index (χ3n) is 3.16. The number of hydrogen-bond acceptors (Lipinski definition) is 3. The van der Waals surface area contributed by atoms with E-state index in [1.165, 1.54) is 5.56 Å². The van der Waals surface area contributed by atoms with E-state index >= 15 is 0 Å². The van der Waals surface area contributed by atoms with Crippen LogP contribution in [0.3, 0.4) is 0 Å². The molecule has 0 aliphatic carbocycles. The van der Waals surface area contributed by atoms with Crippen LogP contribution >= 0.6 is 0 Å². The van der Waals surface area contributed by atoms with E-state index in [1.54, 1.807) is 0 Å². The Morgan fingerprint density at radius 3 is 2.58 bits per heavy atom. The molecule has 102 valence electrons. The molecule has 0 fully saturated rings. The van der Waals surface area contributed by atoms with Gasteiger partial charge in [-0.3, -0.25) is 0 Å². The van der Waals surface area contributed by atoms with E-state index in [0.717, 1.165) is 24.4 Å². The highest BCUT2D eigenvalue weighted by Gasteiger charge is 2.15. The highest BCUT2D eigenvalue weighted by molar-refractivity contribution is 5.60. The molecule has 1 N–H and O–H groups in total. The van der Waals surface area contributed by atoms with E-state index in [2.05, 4.69) is 43.1 Å². The number of hydrogen-bond donors (Lipinski definition) is 1. The molecule has 0 amide bonds. The molecule has 0 bridgehead atoms. The van der Waals surface area contributed by atoms with Crippen molar-refractivity contribution in [3.05, 3.63) is 35.7 Å². The molecular weight excluding hydrogens is 238 g/mol. The maximum Gasteiger partial charge on any atom is 0.164 e. The highest BCUT2D eigenvalue weighted by atomic mass is 16.3. The van der Waals surface area contributed by atoms with E-state index in [4.69, 9.17) is 0 Å². The van der Waals surface area contributed by atoms with Gasteiger partial charge in [-0.1, -0.05) is 45.0 Å². The second-order valence-corrected chi connectivity index (χ2v) is 5.11. The van der Waals surface area contributed by atoms with Gasteiger partial charge in [-0.15, -0.1) is 10.2 Å². The number of aryl methyl sites for hydroxylation is 1. The lowest BCUT2D eigenvalue weighted by molar-refractivity contribution is 0.262. The van der Waals surface area contributed by atoms with Gasteiger partial charge in [0.1, 0.15) is 6.61 Å². The van der Waals surface area contributed by atoms with Crippen LogP contribution in [0.1, 0.15) is 32.2 Å². The predicted molar refractivity (Wildman–Crippen MR) is 75.6 cm³/mol. The van der Waals surface area contributed by atoms with Crippen molar-refractivity contribution in [1.82, 2.24) is 14.8 Å². The normalized spacial score (nSPS) is 11.2. The first-order valence-electron chi connectivity index (χ1n) is 6.78. The van der Waals surface area contributed by atoms with E-state index in [1.807, 2.05) is 16.7 Å². The molecule has 0 atom stereocenters. The first-order valence-corrected chi connectivity index (χ1v) is 6.78. The quantitative estimate of drug-likeness (QED) is 0.898. The van der Waals surface area contributed by atoms with Gasteiger partial charge >= 0.3 is 0 Å². The SMILES string of the molecule is CCc1ccccc1-c1nnc(CO)n1CC(C)C. The molecule has 0 saturated carbocycles. The predicted octanol–water partition coefficient (Wildman–Crippen LogP) is 2.66. The Morgan fingerprint density at radius 1 is 1.21 bits per heavy atom. The smallest absolute Gasteiger partial charge is 0.164 e. The van der Waals surface area contributed by atoms with E-state index < -0.39 is 0 Å². The van der Waals surface area contributed by atoms with Gasteiger partial charge in [-0.25, -0.2) is 0 Å². The summed E-state index contributed by atoms with van der Waals surface area (Å²) in [5, 5.41) is 17.8. The van der Waals surface area contributed by atoms with Gasteiger partial charge < -0.3 is 9.67 Å². The third-order valence-corrected chi connectivity index (χ3v) is 3.16. The van der Waals surface area contributed by atoms with Gasteiger partial charge in [0.2, 0.25) is 0 Å². The molecule has 0 aliphatic rings. The van der Waals surface area contributed by atoms with Gasteiger partial charge in [-0.05, 0) is 17.9 Å². The molecule has 2 aromatic rings. The van der Waals surface area contributed by atoms with Crippen molar-refractivity contribution < 1.29 is 5.11 Å². The highest BCUT2D eigenvalue weighted by Crippen LogP contribution is 2.24. The second kappa shape index (κ2) is 5.97. The Labute approximate surface area is 114 Å². The van der Waals surface area contributed by atoms with Crippen molar-refractivity contribution >= 4 is 0 Å². The maximum absolute atomic E-state index is 9.39. The summed E-state index contributed by atoms with van der Waals surface area (Å²) in [5.41, 5.74) is 2.36. The summed E-state index contributed by atoms with van der Waals surface area (Å²) in [7, 11) is 0. The molecule has 0 aliphatic heterocycles. The summed E-state index contributed by atoms with van der Waals surface area (Å²) in [5.74, 6) is 1.97. The molecule has 4 heteroatoms. The maximum atomic E-state index is 9.39. The summed E-state index contributed by atoms with van der Waals surface area (Å²) in [6.07, 6.45) is 0.958. The largest absolute Gasteiger partial charge is 0.388 e. The molecular formula is C15H21N3O. The van der Waals surface area contributed by atoms with Gasteiger partial charge in [0.25, 0.3) is 0 Å². The van der Waals surface area contributed by atoms with Crippen LogP contribution in [0.2, 0.25) is 0 Å². The van der Waals surface area contributed by atoms with E-state index in [-0.39, 0.29) is 6.61 Å². The molecule has 0 radical (unpaired) electrons. The van der Waals surface area contributed by atoms with Crippen LogP contribution in [-0.2, 0) is 19.6 Å². The first-order chi connectivity index (χ1) is 9.17. The molecule has 4 nitrogen and oxygen atoms in total. The lowest BCUT2D eigenvalue weighted by Crippen LogP contribution is -2.10. The zero-order valence-corrected chi connectivity index (χ0v) is 11.8. The minimum atomic E-state index is -0.0754. The summed E-state index contributed by atoms with van der Waals surface area (Å²) in [6, 6.07) is 8.24. The zero-order chi connectivity index (χ0) is 13.8. The minimum absolute atomic E-state index is 0.0754. The lowest BCUT2D eigenvalue weighted by atomic mass is 10.0. The molecule has 1 heterocycles. The Hall–Kier alpha value is -1.68. The Kier molecular flexibility index (Phi) is 4.32. The van der Waals surface area contributed by atoms with E-state index in [9.17, 15) is 5.11 Å². The van der Waals surface area contributed by atoms with Crippen LogP contribution in [0.15, 0.2) is 24.3 Å². The fourth-order valence-electron chi connectivity index (χ4n) is 2.26. The van der Waals surface area contributed by atoms with Crippen molar-refractivity contribution in [2.24, 2.45) is 5.92 Å². The topological polar surface area (TPSA) is 50.9 Å². The Bertz CT molecular complexity index is 546. The van der Waals surface area contributed by atoms with Crippen LogP contribution in [0.5, 0.6) is 0 Å². The number of aromatic nitrogens is 3. The molecule has 1 aromatic heterocycles.